The number of aromatic amines is 1. The van der Waals surface area contributed by atoms with E-state index in [1.165, 1.54) is 30.6 Å². The highest BCUT2D eigenvalue weighted by molar-refractivity contribution is 5.86. The van der Waals surface area contributed by atoms with Crippen molar-refractivity contribution in [3.8, 4) is 11.4 Å². The van der Waals surface area contributed by atoms with Crippen molar-refractivity contribution in [2.24, 2.45) is 0 Å². The van der Waals surface area contributed by atoms with Gasteiger partial charge in [0.2, 0.25) is 0 Å². The molecular weight excluding hydrogens is 374 g/mol. The summed E-state index contributed by atoms with van der Waals surface area (Å²) in [6.07, 6.45) is 3.18. The Balaban J connectivity index is 1.48. The van der Waals surface area contributed by atoms with Crippen molar-refractivity contribution in [1.29, 1.82) is 0 Å². The topological polar surface area (TPSA) is 67.0 Å². The van der Waals surface area contributed by atoms with Gasteiger partial charge in [-0.25, -0.2) is 0 Å². The molecule has 7 nitrogen and oxygen atoms in total. The standard InChI is InChI=1S/C23H23N7/c1-16-25-27-23-7-6-20-22(30(16)23)13-21(19-8-9-24-26-19)29(20)15-18-5-2-4-17(12-18)14-28-10-3-11-28/h2,4-9,12-13H,3,10-11,14-15H2,1H3,(H,24,26). The van der Waals surface area contributed by atoms with Gasteiger partial charge in [0.05, 0.1) is 16.7 Å². The molecule has 0 saturated carbocycles. The van der Waals surface area contributed by atoms with Crippen molar-refractivity contribution in [3.63, 3.8) is 0 Å². The molecule has 30 heavy (non-hydrogen) atoms. The number of nitrogens with zero attached hydrogens (tertiary/aromatic N) is 6. The minimum absolute atomic E-state index is 0.784. The average Bonchev–Trinajstić information content (AvgIpc) is 3.45. The van der Waals surface area contributed by atoms with Gasteiger partial charge < -0.3 is 4.57 Å². The van der Waals surface area contributed by atoms with Crippen LogP contribution in [0.5, 0.6) is 0 Å². The van der Waals surface area contributed by atoms with Gasteiger partial charge >= 0.3 is 0 Å². The first-order chi connectivity index (χ1) is 14.8. The van der Waals surface area contributed by atoms with Gasteiger partial charge in [0.1, 0.15) is 11.5 Å². The average molecular weight is 397 g/mol. The lowest BCUT2D eigenvalue weighted by atomic mass is 10.1. The van der Waals surface area contributed by atoms with Gasteiger partial charge in [-0.3, -0.25) is 14.4 Å². The van der Waals surface area contributed by atoms with Crippen molar-refractivity contribution in [2.75, 3.05) is 13.1 Å². The second-order valence-electron chi connectivity index (χ2n) is 8.07. The third kappa shape index (κ3) is 2.81. The minimum atomic E-state index is 0.784. The summed E-state index contributed by atoms with van der Waals surface area (Å²) in [5.74, 6) is 0.887. The first kappa shape index (κ1) is 17.4. The largest absolute Gasteiger partial charge is 0.333 e. The number of fused-ring (bicyclic) bond motifs is 3. The maximum atomic E-state index is 4.46. The lowest BCUT2D eigenvalue weighted by Crippen LogP contribution is -2.36. The van der Waals surface area contributed by atoms with E-state index >= 15 is 0 Å². The molecule has 0 atom stereocenters. The van der Waals surface area contributed by atoms with Crippen molar-refractivity contribution in [2.45, 2.75) is 26.4 Å². The van der Waals surface area contributed by atoms with Crippen LogP contribution in [0.3, 0.4) is 0 Å². The summed E-state index contributed by atoms with van der Waals surface area (Å²) >= 11 is 0. The van der Waals surface area contributed by atoms with E-state index < -0.39 is 0 Å². The van der Waals surface area contributed by atoms with Crippen molar-refractivity contribution in [1.82, 2.24) is 34.3 Å². The molecule has 0 aliphatic carbocycles. The van der Waals surface area contributed by atoms with Crippen LogP contribution in [0.1, 0.15) is 23.4 Å². The van der Waals surface area contributed by atoms with Crippen LogP contribution in [0, 0.1) is 6.92 Å². The highest BCUT2D eigenvalue weighted by Gasteiger charge is 2.17. The van der Waals surface area contributed by atoms with Crippen LogP contribution in [-0.4, -0.2) is 47.4 Å². The summed E-state index contributed by atoms with van der Waals surface area (Å²) in [7, 11) is 0. The minimum Gasteiger partial charge on any atom is -0.333 e. The molecule has 0 radical (unpaired) electrons. The molecule has 150 valence electrons. The van der Waals surface area contributed by atoms with E-state index in [0.29, 0.717) is 0 Å². The Bertz CT molecular complexity index is 1340. The van der Waals surface area contributed by atoms with E-state index in [-0.39, 0.29) is 0 Å². The molecule has 1 saturated heterocycles. The Morgan fingerprint density at radius 3 is 2.57 bits per heavy atom. The van der Waals surface area contributed by atoms with Gasteiger partial charge in [-0.1, -0.05) is 24.3 Å². The van der Waals surface area contributed by atoms with Gasteiger partial charge in [0, 0.05) is 19.3 Å². The molecule has 0 amide bonds. The number of aryl methyl sites for hydroxylation is 1. The third-order valence-electron chi connectivity index (χ3n) is 6.05. The fourth-order valence-electron chi connectivity index (χ4n) is 4.43. The van der Waals surface area contributed by atoms with Crippen LogP contribution < -0.4 is 0 Å². The molecule has 5 aromatic rings. The fraction of sp³-hybridized carbons (Fsp3) is 0.261. The van der Waals surface area contributed by atoms with Crippen LogP contribution >= 0.6 is 0 Å². The zero-order valence-electron chi connectivity index (χ0n) is 16.9. The van der Waals surface area contributed by atoms with Crippen LogP contribution in [0.15, 0.2) is 54.7 Å². The van der Waals surface area contributed by atoms with Crippen LogP contribution in [0.4, 0.5) is 0 Å². The van der Waals surface area contributed by atoms with Gasteiger partial charge in [-0.05, 0) is 61.8 Å². The second-order valence-corrected chi connectivity index (χ2v) is 8.07. The summed E-state index contributed by atoms with van der Waals surface area (Å²) in [5.41, 5.74) is 7.80. The van der Waals surface area contributed by atoms with Gasteiger partial charge in [0.15, 0.2) is 5.65 Å². The Morgan fingerprint density at radius 2 is 1.80 bits per heavy atom. The summed E-state index contributed by atoms with van der Waals surface area (Å²) in [6.45, 7) is 6.23. The summed E-state index contributed by atoms with van der Waals surface area (Å²) < 4.78 is 4.45. The van der Waals surface area contributed by atoms with Gasteiger partial charge in [-0.2, -0.15) is 5.10 Å². The predicted molar refractivity (Wildman–Crippen MR) is 116 cm³/mol. The molecule has 6 rings (SSSR count). The zero-order valence-corrected chi connectivity index (χ0v) is 16.9. The van der Waals surface area contributed by atoms with Crippen molar-refractivity contribution < 1.29 is 0 Å². The summed E-state index contributed by atoms with van der Waals surface area (Å²) in [4.78, 5) is 2.49. The predicted octanol–water partition coefficient (Wildman–Crippen LogP) is 3.64. The Morgan fingerprint density at radius 1 is 0.933 bits per heavy atom. The van der Waals surface area contributed by atoms with E-state index in [1.807, 2.05) is 25.3 Å². The smallest absolute Gasteiger partial charge is 0.161 e. The Hall–Kier alpha value is -3.45. The maximum absolute atomic E-state index is 4.46. The Labute approximate surface area is 174 Å². The highest BCUT2D eigenvalue weighted by Crippen LogP contribution is 2.29. The maximum Gasteiger partial charge on any atom is 0.161 e. The molecule has 4 aromatic heterocycles. The fourth-order valence-corrected chi connectivity index (χ4v) is 4.43. The van der Waals surface area contributed by atoms with Crippen LogP contribution in [0.2, 0.25) is 0 Å². The van der Waals surface area contributed by atoms with Crippen LogP contribution in [0.25, 0.3) is 28.1 Å². The third-order valence-corrected chi connectivity index (χ3v) is 6.05. The SMILES string of the molecule is Cc1nnc2ccc3c(cc(-c4cc[nH]n4)n3Cc3cccc(CN4CCC4)c3)n12. The molecule has 1 fully saturated rings. The monoisotopic (exact) mass is 397 g/mol. The van der Waals surface area contributed by atoms with Crippen molar-refractivity contribution >= 4 is 16.7 Å². The van der Waals surface area contributed by atoms with E-state index in [2.05, 4.69) is 70.7 Å². The number of nitrogens with one attached hydrogen (secondary N) is 1. The van der Waals surface area contributed by atoms with E-state index in [9.17, 15) is 0 Å². The molecule has 0 spiro atoms. The quantitative estimate of drug-likeness (QED) is 0.492. The number of benzene rings is 1. The van der Waals surface area contributed by atoms with E-state index in [1.54, 1.807) is 0 Å². The lowest BCUT2D eigenvalue weighted by molar-refractivity contribution is 0.172. The zero-order chi connectivity index (χ0) is 20.1. The number of hydrogen-bond acceptors (Lipinski definition) is 4. The second kappa shape index (κ2) is 6.81. The highest BCUT2D eigenvalue weighted by atomic mass is 15.2. The molecule has 7 heteroatoms. The number of H-pyrrole nitrogens is 1. The number of likely N-dealkylation sites (tertiary alicyclic amines) is 1. The molecule has 1 aliphatic rings. The Kier molecular flexibility index (Phi) is 3.95. The molecule has 1 aromatic carbocycles. The molecular formula is C23H23N7. The van der Waals surface area contributed by atoms with Crippen molar-refractivity contribution in [3.05, 3.63) is 71.7 Å². The molecule has 1 aliphatic heterocycles. The number of hydrogen-bond donors (Lipinski definition) is 1. The normalized spacial score (nSPS) is 14.6. The molecule has 1 N–H and O–H groups in total. The summed E-state index contributed by atoms with van der Waals surface area (Å²) in [6, 6.07) is 17.3. The molecule has 5 heterocycles. The first-order valence-electron chi connectivity index (χ1n) is 10.4. The van der Waals surface area contributed by atoms with E-state index in [4.69, 9.17) is 0 Å². The number of aromatic nitrogens is 6. The van der Waals surface area contributed by atoms with Gasteiger partial charge in [-0.15, -0.1) is 10.2 Å². The molecule has 0 bridgehead atoms. The first-order valence-corrected chi connectivity index (χ1v) is 10.4. The molecule has 0 unspecified atom stereocenters. The number of rotatable bonds is 5. The van der Waals surface area contributed by atoms with E-state index in [0.717, 1.165) is 47.0 Å². The van der Waals surface area contributed by atoms with Gasteiger partial charge in [0.25, 0.3) is 0 Å². The van der Waals surface area contributed by atoms with Crippen LogP contribution in [-0.2, 0) is 13.1 Å². The lowest BCUT2D eigenvalue weighted by Gasteiger charge is -2.30. The summed E-state index contributed by atoms with van der Waals surface area (Å²) in [5, 5.41) is 16.0. The number of pyridine rings is 1.